The first kappa shape index (κ1) is 10.7. The molecule has 0 aromatic carbocycles. The van der Waals surface area contributed by atoms with Crippen LogP contribution in [0.15, 0.2) is 23.0 Å². The van der Waals surface area contributed by atoms with Gasteiger partial charge in [0, 0.05) is 18.2 Å². The Kier molecular flexibility index (Phi) is 3.47. The molecular weight excluding hydrogens is 186 g/mol. The first-order chi connectivity index (χ1) is 7.27. The molecule has 1 unspecified atom stereocenters. The van der Waals surface area contributed by atoms with Crippen LogP contribution in [0, 0.1) is 5.92 Å². The summed E-state index contributed by atoms with van der Waals surface area (Å²) in [6.45, 7) is 7.03. The Morgan fingerprint density at radius 1 is 1.47 bits per heavy atom. The van der Waals surface area contributed by atoms with Crippen molar-refractivity contribution in [1.82, 2.24) is 4.90 Å². The van der Waals surface area contributed by atoms with Gasteiger partial charge in [0.25, 0.3) is 0 Å². The average Bonchev–Trinajstić information content (AvgIpc) is 2.70. The Morgan fingerprint density at radius 2 is 2.33 bits per heavy atom. The first-order valence-corrected chi connectivity index (χ1v) is 6.03. The molecule has 0 saturated carbocycles. The maximum Gasteiger partial charge on any atom is 0.0950 e. The second-order valence-electron chi connectivity index (χ2n) is 4.96. The van der Waals surface area contributed by atoms with Crippen LogP contribution in [0.2, 0.25) is 0 Å². The van der Waals surface area contributed by atoms with Gasteiger partial charge in [-0.3, -0.25) is 4.90 Å². The minimum Gasteiger partial charge on any atom is -0.472 e. The molecule has 2 heteroatoms. The van der Waals surface area contributed by atoms with E-state index in [1.807, 2.05) is 6.26 Å². The van der Waals surface area contributed by atoms with E-state index in [0.717, 1.165) is 5.92 Å². The molecule has 0 amide bonds. The molecular formula is C13H21NO. The summed E-state index contributed by atoms with van der Waals surface area (Å²) >= 11 is 0. The highest BCUT2D eigenvalue weighted by Crippen LogP contribution is 2.31. The van der Waals surface area contributed by atoms with Crippen LogP contribution in [0.25, 0.3) is 0 Å². The molecule has 1 aromatic heterocycles. The van der Waals surface area contributed by atoms with Crippen molar-refractivity contribution in [2.45, 2.75) is 39.2 Å². The summed E-state index contributed by atoms with van der Waals surface area (Å²) < 4.78 is 5.19. The fraction of sp³-hybridized carbons (Fsp3) is 0.692. The van der Waals surface area contributed by atoms with Crippen LogP contribution in [-0.4, -0.2) is 18.0 Å². The second-order valence-corrected chi connectivity index (χ2v) is 4.96. The maximum atomic E-state index is 5.19. The third kappa shape index (κ3) is 2.63. The molecule has 1 saturated heterocycles. The predicted octanol–water partition coefficient (Wildman–Crippen LogP) is 3.46. The highest BCUT2D eigenvalue weighted by Gasteiger charge is 2.24. The molecule has 1 fully saturated rings. The quantitative estimate of drug-likeness (QED) is 0.754. The van der Waals surface area contributed by atoms with Crippen LogP contribution in [0.1, 0.15) is 44.7 Å². The molecule has 0 radical (unpaired) electrons. The molecule has 15 heavy (non-hydrogen) atoms. The standard InChI is InChI=1S/C13H21NO/c1-11(2)9-14-7-4-3-5-13(14)12-6-8-15-10-12/h6,8,10-11,13H,3-5,7,9H2,1-2H3. The smallest absolute Gasteiger partial charge is 0.0950 e. The number of rotatable bonds is 3. The third-order valence-corrected chi connectivity index (χ3v) is 3.14. The van der Waals surface area contributed by atoms with E-state index in [4.69, 9.17) is 4.42 Å². The number of hydrogen-bond donors (Lipinski definition) is 0. The number of hydrogen-bond acceptors (Lipinski definition) is 2. The SMILES string of the molecule is CC(C)CN1CCCCC1c1ccoc1. The van der Waals surface area contributed by atoms with E-state index in [1.165, 1.54) is 37.9 Å². The third-order valence-electron chi connectivity index (χ3n) is 3.14. The van der Waals surface area contributed by atoms with Gasteiger partial charge >= 0.3 is 0 Å². The van der Waals surface area contributed by atoms with Gasteiger partial charge in [0.2, 0.25) is 0 Å². The van der Waals surface area contributed by atoms with E-state index in [2.05, 4.69) is 24.8 Å². The van der Waals surface area contributed by atoms with Crippen LogP contribution in [0.4, 0.5) is 0 Å². The normalized spacial score (nSPS) is 23.5. The lowest BCUT2D eigenvalue weighted by molar-refractivity contribution is 0.132. The van der Waals surface area contributed by atoms with Crippen LogP contribution < -0.4 is 0 Å². The fourth-order valence-electron chi connectivity index (χ4n) is 2.52. The van der Waals surface area contributed by atoms with Crippen molar-refractivity contribution in [3.8, 4) is 0 Å². The van der Waals surface area contributed by atoms with Crippen molar-refractivity contribution in [3.05, 3.63) is 24.2 Å². The fourth-order valence-corrected chi connectivity index (χ4v) is 2.52. The topological polar surface area (TPSA) is 16.4 Å². The van der Waals surface area contributed by atoms with E-state index in [1.54, 1.807) is 6.26 Å². The molecule has 1 aliphatic heterocycles. The van der Waals surface area contributed by atoms with Crippen LogP contribution in [0.5, 0.6) is 0 Å². The predicted molar refractivity (Wildman–Crippen MR) is 61.7 cm³/mol. The van der Waals surface area contributed by atoms with E-state index in [0.29, 0.717) is 6.04 Å². The van der Waals surface area contributed by atoms with Gasteiger partial charge in [0.05, 0.1) is 12.5 Å². The molecule has 0 bridgehead atoms. The Bertz CT molecular complexity index is 279. The van der Waals surface area contributed by atoms with Crippen molar-refractivity contribution in [1.29, 1.82) is 0 Å². The van der Waals surface area contributed by atoms with Crippen molar-refractivity contribution < 1.29 is 4.42 Å². The molecule has 2 nitrogen and oxygen atoms in total. The Morgan fingerprint density at radius 3 is 3.00 bits per heavy atom. The van der Waals surface area contributed by atoms with Gasteiger partial charge in [-0.15, -0.1) is 0 Å². The Balaban J connectivity index is 2.06. The molecule has 1 aromatic rings. The molecule has 1 atom stereocenters. The average molecular weight is 207 g/mol. The summed E-state index contributed by atoms with van der Waals surface area (Å²) in [5.74, 6) is 0.748. The van der Waals surface area contributed by atoms with E-state index >= 15 is 0 Å². The zero-order valence-electron chi connectivity index (χ0n) is 9.78. The van der Waals surface area contributed by atoms with Gasteiger partial charge in [-0.25, -0.2) is 0 Å². The molecule has 2 heterocycles. The molecule has 0 aliphatic carbocycles. The van der Waals surface area contributed by atoms with E-state index in [9.17, 15) is 0 Å². The van der Waals surface area contributed by atoms with Crippen molar-refractivity contribution >= 4 is 0 Å². The lowest BCUT2D eigenvalue weighted by atomic mass is 9.96. The van der Waals surface area contributed by atoms with Gasteiger partial charge in [0.1, 0.15) is 0 Å². The van der Waals surface area contributed by atoms with Crippen molar-refractivity contribution in [3.63, 3.8) is 0 Å². The Hall–Kier alpha value is -0.760. The van der Waals surface area contributed by atoms with E-state index in [-0.39, 0.29) is 0 Å². The highest BCUT2D eigenvalue weighted by molar-refractivity contribution is 5.12. The summed E-state index contributed by atoms with van der Waals surface area (Å²) in [5.41, 5.74) is 1.36. The molecule has 0 N–H and O–H groups in total. The minimum atomic E-state index is 0.597. The summed E-state index contributed by atoms with van der Waals surface area (Å²) in [6, 6.07) is 2.71. The van der Waals surface area contributed by atoms with E-state index < -0.39 is 0 Å². The highest BCUT2D eigenvalue weighted by atomic mass is 16.3. The Labute approximate surface area is 92.3 Å². The summed E-state index contributed by atoms with van der Waals surface area (Å²) in [4.78, 5) is 2.61. The van der Waals surface area contributed by atoms with Crippen LogP contribution in [-0.2, 0) is 0 Å². The molecule has 84 valence electrons. The summed E-state index contributed by atoms with van der Waals surface area (Å²) in [6.07, 6.45) is 7.68. The van der Waals surface area contributed by atoms with Gasteiger partial charge in [-0.2, -0.15) is 0 Å². The molecule has 2 rings (SSSR count). The molecule has 0 spiro atoms. The monoisotopic (exact) mass is 207 g/mol. The summed E-state index contributed by atoms with van der Waals surface area (Å²) in [5, 5.41) is 0. The second kappa shape index (κ2) is 4.84. The maximum absolute atomic E-state index is 5.19. The zero-order valence-corrected chi connectivity index (χ0v) is 9.78. The summed E-state index contributed by atoms with van der Waals surface area (Å²) in [7, 11) is 0. The van der Waals surface area contributed by atoms with Gasteiger partial charge in [0.15, 0.2) is 0 Å². The van der Waals surface area contributed by atoms with Crippen LogP contribution in [0.3, 0.4) is 0 Å². The minimum absolute atomic E-state index is 0.597. The number of nitrogens with zero attached hydrogens (tertiary/aromatic N) is 1. The zero-order chi connectivity index (χ0) is 10.7. The number of furan rings is 1. The van der Waals surface area contributed by atoms with Crippen molar-refractivity contribution in [2.75, 3.05) is 13.1 Å². The lowest BCUT2D eigenvalue weighted by Crippen LogP contribution is -2.35. The number of likely N-dealkylation sites (tertiary alicyclic amines) is 1. The largest absolute Gasteiger partial charge is 0.472 e. The van der Waals surface area contributed by atoms with Crippen LogP contribution >= 0.6 is 0 Å². The number of piperidine rings is 1. The molecule has 1 aliphatic rings. The van der Waals surface area contributed by atoms with Gasteiger partial charge < -0.3 is 4.42 Å². The van der Waals surface area contributed by atoms with Gasteiger partial charge in [-0.1, -0.05) is 20.3 Å². The van der Waals surface area contributed by atoms with Crippen molar-refractivity contribution in [2.24, 2.45) is 5.92 Å². The lowest BCUT2D eigenvalue weighted by Gasteiger charge is -2.36. The van der Waals surface area contributed by atoms with Gasteiger partial charge in [-0.05, 0) is 31.4 Å². The first-order valence-electron chi connectivity index (χ1n) is 6.03.